The average Bonchev–Trinajstić information content (AvgIpc) is 3.32. The van der Waals surface area contributed by atoms with Crippen LogP contribution in [-0.2, 0) is 6.54 Å². The fraction of sp³-hybridized carbons (Fsp3) is 0.308. The molecule has 3 aromatic rings. The highest BCUT2D eigenvalue weighted by Gasteiger charge is 2.21. The van der Waals surface area contributed by atoms with E-state index in [4.69, 9.17) is 9.47 Å². The molecule has 1 aliphatic carbocycles. The highest BCUT2D eigenvalue weighted by atomic mass is 16.5. The topological polar surface area (TPSA) is 71.9 Å². The standard InChI is InChI=1S/C26H28N2O4/c1-18-9-10-20(26(29)30)14-23(18)28(17-19-6-5-13-27-16-19)21-11-12-24(31-2)25(15-21)32-22-7-3-4-8-22/h5-6,9-16,22H,3-4,7-8,17H2,1-2H3,(H,29,30). The zero-order valence-corrected chi connectivity index (χ0v) is 18.5. The van der Waals surface area contributed by atoms with Crippen molar-refractivity contribution in [1.82, 2.24) is 4.98 Å². The quantitative estimate of drug-likeness (QED) is 0.488. The number of nitrogens with zero attached hydrogens (tertiary/aromatic N) is 2. The van der Waals surface area contributed by atoms with Gasteiger partial charge < -0.3 is 19.5 Å². The first kappa shape index (κ1) is 21.7. The molecule has 1 aliphatic rings. The van der Waals surface area contributed by atoms with Crippen LogP contribution in [0.15, 0.2) is 60.9 Å². The summed E-state index contributed by atoms with van der Waals surface area (Å²) in [4.78, 5) is 18.0. The highest BCUT2D eigenvalue weighted by molar-refractivity contribution is 5.89. The van der Waals surface area contributed by atoms with Crippen molar-refractivity contribution in [2.24, 2.45) is 0 Å². The van der Waals surface area contributed by atoms with Gasteiger partial charge in [0.1, 0.15) is 0 Å². The number of rotatable bonds is 8. The predicted molar refractivity (Wildman–Crippen MR) is 124 cm³/mol. The molecule has 1 saturated carbocycles. The van der Waals surface area contributed by atoms with E-state index in [1.165, 1.54) is 12.8 Å². The van der Waals surface area contributed by atoms with Crippen LogP contribution in [0.4, 0.5) is 11.4 Å². The number of carbonyl (C=O) groups is 1. The second kappa shape index (κ2) is 9.73. The number of aromatic carboxylic acids is 1. The molecule has 0 radical (unpaired) electrons. The molecule has 0 atom stereocenters. The summed E-state index contributed by atoms with van der Waals surface area (Å²) in [5.74, 6) is 0.450. The molecule has 4 rings (SSSR count). The normalized spacial score (nSPS) is 13.7. The van der Waals surface area contributed by atoms with E-state index in [0.29, 0.717) is 18.0 Å². The molecule has 0 bridgehead atoms. The first-order valence-corrected chi connectivity index (χ1v) is 10.9. The lowest BCUT2D eigenvalue weighted by Crippen LogP contribution is -2.19. The van der Waals surface area contributed by atoms with Crippen LogP contribution in [0.25, 0.3) is 0 Å². The van der Waals surface area contributed by atoms with Crippen LogP contribution in [0.3, 0.4) is 0 Å². The van der Waals surface area contributed by atoms with Gasteiger partial charge in [-0.25, -0.2) is 4.79 Å². The number of aromatic nitrogens is 1. The Labute approximate surface area is 188 Å². The molecular formula is C26H28N2O4. The number of methoxy groups -OCH3 is 1. The van der Waals surface area contributed by atoms with Gasteiger partial charge in [0.25, 0.3) is 0 Å². The van der Waals surface area contributed by atoms with Gasteiger partial charge >= 0.3 is 5.97 Å². The van der Waals surface area contributed by atoms with Crippen LogP contribution < -0.4 is 14.4 Å². The van der Waals surface area contributed by atoms with Crippen LogP contribution >= 0.6 is 0 Å². The summed E-state index contributed by atoms with van der Waals surface area (Å²) in [6, 6.07) is 15.0. The molecular weight excluding hydrogens is 404 g/mol. The Morgan fingerprint density at radius 1 is 1.12 bits per heavy atom. The Balaban J connectivity index is 1.78. The smallest absolute Gasteiger partial charge is 0.335 e. The SMILES string of the molecule is COc1ccc(N(Cc2cccnc2)c2cc(C(=O)O)ccc2C)cc1OC1CCCC1. The summed E-state index contributed by atoms with van der Waals surface area (Å²) in [6.07, 6.45) is 8.22. The van der Waals surface area contributed by atoms with Gasteiger partial charge in [0.05, 0.1) is 18.8 Å². The summed E-state index contributed by atoms with van der Waals surface area (Å²) >= 11 is 0. The van der Waals surface area contributed by atoms with Gasteiger partial charge in [0, 0.05) is 36.4 Å². The van der Waals surface area contributed by atoms with Crippen molar-refractivity contribution in [3.8, 4) is 11.5 Å². The summed E-state index contributed by atoms with van der Waals surface area (Å²) in [7, 11) is 1.64. The van der Waals surface area contributed by atoms with Crippen LogP contribution in [0, 0.1) is 6.92 Å². The highest BCUT2D eigenvalue weighted by Crippen LogP contribution is 2.38. The van der Waals surface area contributed by atoms with Crippen LogP contribution in [0.1, 0.15) is 47.2 Å². The van der Waals surface area contributed by atoms with E-state index < -0.39 is 5.97 Å². The molecule has 2 aromatic carbocycles. The Morgan fingerprint density at radius 2 is 1.94 bits per heavy atom. The second-order valence-electron chi connectivity index (χ2n) is 8.11. The lowest BCUT2D eigenvalue weighted by molar-refractivity contribution is 0.0697. The number of hydrogen-bond donors (Lipinski definition) is 1. The minimum absolute atomic E-state index is 0.197. The summed E-state index contributed by atoms with van der Waals surface area (Å²) in [5, 5.41) is 9.55. The Hall–Kier alpha value is -3.54. The van der Waals surface area contributed by atoms with E-state index >= 15 is 0 Å². The zero-order valence-electron chi connectivity index (χ0n) is 18.5. The van der Waals surface area contributed by atoms with E-state index in [1.807, 2.05) is 49.5 Å². The van der Waals surface area contributed by atoms with Crippen molar-refractivity contribution in [2.45, 2.75) is 45.3 Å². The number of anilines is 2. The number of hydrogen-bond acceptors (Lipinski definition) is 5. The number of pyridine rings is 1. The summed E-state index contributed by atoms with van der Waals surface area (Å²) in [5.41, 5.74) is 3.96. The van der Waals surface area contributed by atoms with Crippen molar-refractivity contribution < 1.29 is 19.4 Å². The molecule has 1 aromatic heterocycles. The third-order valence-electron chi connectivity index (χ3n) is 5.87. The maximum atomic E-state index is 11.6. The van der Waals surface area contributed by atoms with E-state index in [2.05, 4.69) is 9.88 Å². The van der Waals surface area contributed by atoms with Gasteiger partial charge in [-0.2, -0.15) is 0 Å². The number of aryl methyl sites for hydroxylation is 1. The number of ether oxygens (including phenoxy) is 2. The first-order valence-electron chi connectivity index (χ1n) is 10.9. The number of carboxylic acids is 1. The maximum absolute atomic E-state index is 11.6. The van der Waals surface area contributed by atoms with E-state index in [1.54, 1.807) is 25.4 Å². The van der Waals surface area contributed by atoms with Crippen molar-refractivity contribution in [1.29, 1.82) is 0 Å². The van der Waals surface area contributed by atoms with E-state index in [-0.39, 0.29) is 11.7 Å². The van der Waals surface area contributed by atoms with Crippen molar-refractivity contribution >= 4 is 17.3 Å². The molecule has 1 heterocycles. The van der Waals surface area contributed by atoms with Gasteiger partial charge in [-0.05, 0) is 74.1 Å². The zero-order chi connectivity index (χ0) is 22.5. The Bertz CT molecular complexity index is 1080. The lowest BCUT2D eigenvalue weighted by atomic mass is 10.1. The van der Waals surface area contributed by atoms with Gasteiger partial charge in [-0.3, -0.25) is 4.98 Å². The molecule has 166 valence electrons. The molecule has 0 amide bonds. The van der Waals surface area contributed by atoms with Gasteiger partial charge in [0.15, 0.2) is 11.5 Å². The molecule has 6 nitrogen and oxygen atoms in total. The monoisotopic (exact) mass is 432 g/mol. The fourth-order valence-corrected chi connectivity index (χ4v) is 4.13. The Morgan fingerprint density at radius 3 is 2.62 bits per heavy atom. The average molecular weight is 433 g/mol. The predicted octanol–water partition coefficient (Wildman–Crippen LogP) is 5.76. The molecule has 1 fully saturated rings. The molecule has 0 saturated heterocycles. The molecule has 0 unspecified atom stereocenters. The maximum Gasteiger partial charge on any atom is 0.335 e. The number of benzene rings is 2. The minimum Gasteiger partial charge on any atom is -0.493 e. The minimum atomic E-state index is -0.951. The molecule has 0 aliphatic heterocycles. The molecule has 6 heteroatoms. The Kier molecular flexibility index (Phi) is 6.59. The summed E-state index contributed by atoms with van der Waals surface area (Å²) < 4.78 is 11.9. The third kappa shape index (κ3) is 4.85. The number of carboxylic acid groups (broad SMARTS) is 1. The largest absolute Gasteiger partial charge is 0.493 e. The van der Waals surface area contributed by atoms with E-state index in [0.717, 1.165) is 35.3 Å². The molecule has 1 N–H and O–H groups in total. The van der Waals surface area contributed by atoms with Gasteiger partial charge in [0.2, 0.25) is 0 Å². The molecule has 0 spiro atoms. The van der Waals surface area contributed by atoms with Crippen LogP contribution in [0.2, 0.25) is 0 Å². The van der Waals surface area contributed by atoms with Crippen molar-refractivity contribution in [2.75, 3.05) is 12.0 Å². The second-order valence-corrected chi connectivity index (χ2v) is 8.11. The third-order valence-corrected chi connectivity index (χ3v) is 5.87. The van der Waals surface area contributed by atoms with Gasteiger partial charge in [-0.1, -0.05) is 12.1 Å². The van der Waals surface area contributed by atoms with Crippen molar-refractivity contribution in [3.05, 3.63) is 77.6 Å². The van der Waals surface area contributed by atoms with E-state index in [9.17, 15) is 9.90 Å². The van der Waals surface area contributed by atoms with Gasteiger partial charge in [-0.15, -0.1) is 0 Å². The van der Waals surface area contributed by atoms with Crippen LogP contribution in [-0.4, -0.2) is 29.3 Å². The summed E-state index contributed by atoms with van der Waals surface area (Å²) in [6.45, 7) is 2.52. The van der Waals surface area contributed by atoms with Crippen LogP contribution in [0.5, 0.6) is 11.5 Å². The van der Waals surface area contributed by atoms with Crippen molar-refractivity contribution in [3.63, 3.8) is 0 Å². The lowest BCUT2D eigenvalue weighted by Gasteiger charge is -2.28. The fourth-order valence-electron chi connectivity index (χ4n) is 4.13. The first-order chi connectivity index (χ1) is 15.5. The molecule has 32 heavy (non-hydrogen) atoms.